The Bertz CT molecular complexity index is 503. The molecule has 0 aliphatic carbocycles. The minimum atomic E-state index is -0.458. The molecule has 0 spiro atoms. The molecule has 0 heterocycles. The minimum absolute atomic E-state index is 0.149. The second-order valence-electron chi connectivity index (χ2n) is 3.77. The molecule has 1 aromatic carbocycles. The molecule has 0 unspecified atom stereocenters. The van der Waals surface area contributed by atoms with Crippen LogP contribution in [0.25, 0.3) is 0 Å². The highest BCUT2D eigenvalue weighted by molar-refractivity contribution is 5.87. The van der Waals surface area contributed by atoms with E-state index in [4.69, 9.17) is 5.26 Å². The Kier molecular flexibility index (Phi) is 5.06. The van der Waals surface area contributed by atoms with E-state index in [0.29, 0.717) is 12.1 Å². The molecule has 1 aromatic rings. The number of rotatable bonds is 4. The molecule has 1 amide bonds. The summed E-state index contributed by atoms with van der Waals surface area (Å²) in [6, 6.07) is 6.15. The summed E-state index contributed by atoms with van der Waals surface area (Å²) in [5.41, 5.74) is 0.688. The number of likely N-dealkylation sites (N-methyl/N-ethyl adjacent to an activating group) is 1. The Morgan fingerprint density at radius 1 is 1.56 bits per heavy atom. The fourth-order valence-electron chi connectivity index (χ4n) is 1.54. The molecule has 0 aliphatic heterocycles. The zero-order valence-electron chi connectivity index (χ0n) is 10.5. The maximum Gasteiger partial charge on any atom is 0.246 e. The van der Waals surface area contributed by atoms with Crippen LogP contribution in [0, 0.1) is 17.1 Å². The van der Waals surface area contributed by atoms with Gasteiger partial charge in [0.2, 0.25) is 5.91 Å². The number of halogens is 1. The Morgan fingerprint density at radius 2 is 2.28 bits per heavy atom. The standard InChI is InChI=1S/C14H15FN2O/c1-3-5-14(18)17(4-2)10-12-7-6-11(9-16)8-13(12)15/h3,5-8H,4,10H2,1-2H3/b5-3+. The van der Waals surface area contributed by atoms with Crippen LogP contribution in [0.4, 0.5) is 4.39 Å². The molecule has 0 aromatic heterocycles. The number of amides is 1. The Morgan fingerprint density at radius 3 is 2.78 bits per heavy atom. The highest BCUT2D eigenvalue weighted by atomic mass is 19.1. The number of carbonyl (C=O) groups is 1. The molecule has 1 rings (SSSR count). The summed E-state index contributed by atoms with van der Waals surface area (Å²) < 4.78 is 13.7. The second-order valence-corrected chi connectivity index (χ2v) is 3.77. The summed E-state index contributed by atoms with van der Waals surface area (Å²) in [6.45, 7) is 4.30. The number of carbonyl (C=O) groups excluding carboxylic acids is 1. The first-order chi connectivity index (χ1) is 8.62. The average Bonchev–Trinajstić information content (AvgIpc) is 2.37. The topological polar surface area (TPSA) is 44.1 Å². The van der Waals surface area contributed by atoms with E-state index in [-0.39, 0.29) is 18.0 Å². The van der Waals surface area contributed by atoms with E-state index in [0.717, 1.165) is 0 Å². The molecule has 0 bridgehead atoms. The van der Waals surface area contributed by atoms with Gasteiger partial charge in [0.15, 0.2) is 0 Å². The predicted octanol–water partition coefficient (Wildman–Crippen LogP) is 2.62. The predicted molar refractivity (Wildman–Crippen MR) is 67.0 cm³/mol. The zero-order valence-corrected chi connectivity index (χ0v) is 10.5. The highest BCUT2D eigenvalue weighted by Crippen LogP contribution is 2.13. The number of hydrogen-bond donors (Lipinski definition) is 0. The van der Waals surface area contributed by atoms with Crippen molar-refractivity contribution >= 4 is 5.91 Å². The van der Waals surface area contributed by atoms with Gasteiger partial charge in [-0.3, -0.25) is 4.79 Å². The van der Waals surface area contributed by atoms with Gasteiger partial charge in [0.05, 0.1) is 11.6 Å². The van der Waals surface area contributed by atoms with E-state index in [2.05, 4.69) is 0 Å². The minimum Gasteiger partial charge on any atom is -0.335 e. The van der Waals surface area contributed by atoms with E-state index in [1.807, 2.05) is 13.0 Å². The van der Waals surface area contributed by atoms with Crippen molar-refractivity contribution in [2.24, 2.45) is 0 Å². The number of hydrogen-bond acceptors (Lipinski definition) is 2. The molecule has 0 radical (unpaired) electrons. The summed E-state index contributed by atoms with van der Waals surface area (Å²) >= 11 is 0. The van der Waals surface area contributed by atoms with Crippen molar-refractivity contribution in [3.63, 3.8) is 0 Å². The van der Waals surface area contributed by atoms with E-state index in [1.54, 1.807) is 25.1 Å². The summed E-state index contributed by atoms with van der Waals surface area (Å²) in [6.07, 6.45) is 3.10. The van der Waals surface area contributed by atoms with E-state index >= 15 is 0 Å². The van der Waals surface area contributed by atoms with Crippen molar-refractivity contribution in [1.29, 1.82) is 5.26 Å². The fourth-order valence-corrected chi connectivity index (χ4v) is 1.54. The largest absolute Gasteiger partial charge is 0.335 e. The number of benzene rings is 1. The number of allylic oxidation sites excluding steroid dienone is 1. The molecule has 94 valence electrons. The van der Waals surface area contributed by atoms with Gasteiger partial charge in [0.25, 0.3) is 0 Å². The molecule has 0 aliphatic rings. The monoisotopic (exact) mass is 246 g/mol. The summed E-state index contributed by atoms with van der Waals surface area (Å²) in [5.74, 6) is -0.607. The first kappa shape index (κ1) is 13.9. The second kappa shape index (κ2) is 6.55. The van der Waals surface area contributed by atoms with Crippen LogP contribution in [-0.2, 0) is 11.3 Å². The van der Waals surface area contributed by atoms with Gasteiger partial charge in [-0.2, -0.15) is 5.26 Å². The van der Waals surface area contributed by atoms with Crippen molar-refractivity contribution in [1.82, 2.24) is 4.90 Å². The summed E-state index contributed by atoms with van der Waals surface area (Å²) in [5, 5.41) is 8.65. The molecule has 0 atom stereocenters. The maximum atomic E-state index is 13.7. The molecule has 0 saturated carbocycles. The Balaban J connectivity index is 2.89. The van der Waals surface area contributed by atoms with Crippen molar-refractivity contribution < 1.29 is 9.18 Å². The molecule has 4 heteroatoms. The van der Waals surface area contributed by atoms with Crippen LogP contribution < -0.4 is 0 Å². The van der Waals surface area contributed by atoms with Crippen LogP contribution in [-0.4, -0.2) is 17.4 Å². The van der Waals surface area contributed by atoms with Gasteiger partial charge in [-0.25, -0.2) is 4.39 Å². The third kappa shape index (κ3) is 3.42. The number of nitriles is 1. The number of nitrogens with zero attached hydrogens (tertiary/aromatic N) is 2. The van der Waals surface area contributed by atoms with Crippen molar-refractivity contribution in [3.05, 3.63) is 47.3 Å². The van der Waals surface area contributed by atoms with Crippen LogP contribution in [0.15, 0.2) is 30.4 Å². The lowest BCUT2D eigenvalue weighted by atomic mass is 10.1. The van der Waals surface area contributed by atoms with Crippen LogP contribution in [0.5, 0.6) is 0 Å². The fraction of sp³-hybridized carbons (Fsp3) is 0.286. The lowest BCUT2D eigenvalue weighted by molar-refractivity contribution is -0.126. The van der Waals surface area contributed by atoms with Crippen molar-refractivity contribution in [2.75, 3.05) is 6.54 Å². The van der Waals surface area contributed by atoms with Gasteiger partial charge in [0, 0.05) is 18.7 Å². The van der Waals surface area contributed by atoms with E-state index < -0.39 is 5.82 Å². The summed E-state index contributed by atoms with van der Waals surface area (Å²) in [4.78, 5) is 13.2. The molecule has 0 N–H and O–H groups in total. The lowest BCUT2D eigenvalue weighted by Crippen LogP contribution is -2.29. The normalized spacial score (nSPS) is 10.3. The third-order valence-corrected chi connectivity index (χ3v) is 2.55. The molecular weight excluding hydrogens is 231 g/mol. The van der Waals surface area contributed by atoms with Crippen molar-refractivity contribution in [3.8, 4) is 6.07 Å². The zero-order chi connectivity index (χ0) is 13.5. The first-order valence-electron chi connectivity index (χ1n) is 5.72. The first-order valence-corrected chi connectivity index (χ1v) is 5.72. The quantitative estimate of drug-likeness (QED) is 0.766. The Hall–Kier alpha value is -2.15. The van der Waals surface area contributed by atoms with Gasteiger partial charge in [-0.1, -0.05) is 12.1 Å². The molecule has 3 nitrogen and oxygen atoms in total. The molecule has 0 fully saturated rings. The summed E-state index contributed by atoms with van der Waals surface area (Å²) in [7, 11) is 0. The smallest absolute Gasteiger partial charge is 0.246 e. The highest BCUT2D eigenvalue weighted by Gasteiger charge is 2.12. The molecule has 0 saturated heterocycles. The van der Waals surface area contributed by atoms with Crippen LogP contribution in [0.3, 0.4) is 0 Å². The van der Waals surface area contributed by atoms with Gasteiger partial charge >= 0.3 is 0 Å². The SMILES string of the molecule is C/C=C/C(=O)N(CC)Cc1ccc(C#N)cc1F. The lowest BCUT2D eigenvalue weighted by Gasteiger charge is -2.19. The van der Waals surface area contributed by atoms with Crippen LogP contribution in [0.2, 0.25) is 0 Å². The maximum absolute atomic E-state index is 13.7. The van der Waals surface area contributed by atoms with Gasteiger partial charge in [-0.15, -0.1) is 0 Å². The van der Waals surface area contributed by atoms with Gasteiger partial charge in [-0.05, 0) is 32.1 Å². The molecule has 18 heavy (non-hydrogen) atoms. The van der Waals surface area contributed by atoms with Crippen LogP contribution >= 0.6 is 0 Å². The van der Waals surface area contributed by atoms with E-state index in [1.165, 1.54) is 17.0 Å². The molecular formula is C14H15FN2O. The third-order valence-electron chi connectivity index (χ3n) is 2.55. The van der Waals surface area contributed by atoms with Crippen LogP contribution in [0.1, 0.15) is 25.0 Å². The average molecular weight is 246 g/mol. The Labute approximate surface area is 106 Å². The van der Waals surface area contributed by atoms with Gasteiger partial charge < -0.3 is 4.90 Å². The van der Waals surface area contributed by atoms with Gasteiger partial charge in [0.1, 0.15) is 5.82 Å². The van der Waals surface area contributed by atoms with Crippen molar-refractivity contribution in [2.45, 2.75) is 20.4 Å². The van der Waals surface area contributed by atoms with E-state index in [9.17, 15) is 9.18 Å².